The highest BCUT2D eigenvalue weighted by atomic mass is 16.7. The molecule has 2 amide bonds. The zero-order chi connectivity index (χ0) is 38.0. The second-order valence-electron chi connectivity index (χ2n) is 13.9. The topological polar surface area (TPSA) is 170 Å². The molecule has 12 nitrogen and oxygen atoms in total. The Morgan fingerprint density at radius 3 is 2.47 bits per heavy atom. The van der Waals surface area contributed by atoms with Crippen molar-refractivity contribution in [2.45, 2.75) is 83.0 Å². The van der Waals surface area contributed by atoms with Gasteiger partial charge in [0.25, 0.3) is 5.91 Å². The number of aliphatic hydroxyl groups excluding tert-OH is 1. The average Bonchev–Trinajstić information content (AvgIpc) is 3.62. The Morgan fingerprint density at radius 1 is 0.962 bits per heavy atom. The Hall–Kier alpha value is -5.30. The highest BCUT2D eigenvalue weighted by molar-refractivity contribution is 5.95. The van der Waals surface area contributed by atoms with Gasteiger partial charge in [0.1, 0.15) is 36.5 Å². The van der Waals surface area contributed by atoms with Gasteiger partial charge in [-0.2, -0.15) is 0 Å². The fraction of sp³-hybridized carbons (Fsp3) is 0.366. The lowest BCUT2D eigenvalue weighted by atomic mass is 9.91. The second-order valence-corrected chi connectivity index (χ2v) is 13.9. The van der Waals surface area contributed by atoms with Gasteiger partial charge in [0.15, 0.2) is 0 Å². The molecule has 53 heavy (non-hydrogen) atoms. The lowest BCUT2D eigenvalue weighted by Gasteiger charge is -2.30. The van der Waals surface area contributed by atoms with Crippen LogP contribution in [0.4, 0.5) is 0 Å². The van der Waals surface area contributed by atoms with Crippen molar-refractivity contribution in [1.82, 2.24) is 10.6 Å². The van der Waals surface area contributed by atoms with Crippen molar-refractivity contribution >= 4 is 29.8 Å². The van der Waals surface area contributed by atoms with Crippen molar-refractivity contribution in [2.75, 3.05) is 13.4 Å². The first-order valence-corrected chi connectivity index (χ1v) is 17.6. The molecule has 12 heteroatoms. The van der Waals surface area contributed by atoms with Crippen LogP contribution in [0.25, 0.3) is 6.08 Å². The van der Waals surface area contributed by atoms with E-state index >= 15 is 0 Å². The van der Waals surface area contributed by atoms with Crippen molar-refractivity contribution in [3.8, 4) is 5.75 Å². The predicted molar refractivity (Wildman–Crippen MR) is 196 cm³/mol. The second kappa shape index (κ2) is 18.0. The van der Waals surface area contributed by atoms with Gasteiger partial charge < -0.3 is 39.8 Å². The van der Waals surface area contributed by atoms with Crippen LogP contribution in [0, 0.1) is 0 Å². The van der Waals surface area contributed by atoms with Gasteiger partial charge >= 0.3 is 11.9 Å². The van der Waals surface area contributed by atoms with Crippen LogP contribution in [0.2, 0.25) is 0 Å². The molecule has 3 aromatic rings. The summed E-state index contributed by atoms with van der Waals surface area (Å²) in [6, 6.07) is 20.1. The summed E-state index contributed by atoms with van der Waals surface area (Å²) in [5.41, 5.74) is 2.77. The molecule has 0 saturated carbocycles. The van der Waals surface area contributed by atoms with Gasteiger partial charge in [-0.05, 0) is 86.7 Å². The number of carbonyl (C=O) groups is 4. The highest BCUT2D eigenvalue weighted by Crippen LogP contribution is 2.31. The van der Waals surface area contributed by atoms with E-state index < -0.39 is 47.8 Å². The minimum Gasteiger partial charge on any atom is -0.508 e. The van der Waals surface area contributed by atoms with E-state index in [1.807, 2.05) is 24.3 Å². The Kier molecular flexibility index (Phi) is 13.2. The molecule has 1 saturated heterocycles. The van der Waals surface area contributed by atoms with Gasteiger partial charge in [0, 0.05) is 30.5 Å². The number of fused-ring (bicyclic) bond motifs is 1. The maximum atomic E-state index is 13.3. The summed E-state index contributed by atoms with van der Waals surface area (Å²) in [7, 11) is 0. The lowest BCUT2D eigenvalue weighted by molar-refractivity contribution is -0.155. The van der Waals surface area contributed by atoms with Gasteiger partial charge in [-0.1, -0.05) is 54.6 Å². The molecule has 0 radical (unpaired) electrons. The quantitative estimate of drug-likeness (QED) is 0.170. The summed E-state index contributed by atoms with van der Waals surface area (Å²) in [6.07, 6.45) is 4.55. The normalized spacial score (nSPS) is 18.8. The van der Waals surface area contributed by atoms with Gasteiger partial charge in [0.05, 0.1) is 18.2 Å². The van der Waals surface area contributed by atoms with E-state index in [9.17, 15) is 29.4 Å². The Balaban J connectivity index is 1.13. The van der Waals surface area contributed by atoms with Gasteiger partial charge in [-0.3, -0.25) is 14.4 Å². The van der Waals surface area contributed by atoms with Crippen LogP contribution in [0.3, 0.4) is 0 Å². The maximum Gasteiger partial charge on any atom is 0.338 e. The first kappa shape index (κ1) is 38.9. The fourth-order valence-electron chi connectivity index (χ4n) is 5.95. The molecule has 1 fully saturated rings. The van der Waals surface area contributed by atoms with Crippen LogP contribution in [0.5, 0.6) is 5.75 Å². The molecule has 0 aromatic heterocycles. The number of nitrogens with one attached hydrogen (secondary N) is 2. The Bertz CT molecular complexity index is 1830. The molecule has 0 bridgehead atoms. The zero-order valence-electron chi connectivity index (χ0n) is 30.1. The minimum absolute atomic E-state index is 0.00354. The molecule has 0 spiro atoms. The number of amides is 2. The SMILES string of the molecule is CC(C)(C)OC(=O)CC[C@@H](CO)NC(=O)c1cccc(CNC(=O)C2=C[C@H]3OCO[C@H]3[C@H](OC(=O)c3ccc(C=CCc4ccccc4O)cc3)C2)c1. The summed E-state index contributed by atoms with van der Waals surface area (Å²) in [5, 5.41) is 25.4. The van der Waals surface area contributed by atoms with Gasteiger partial charge in [-0.15, -0.1) is 0 Å². The molecule has 3 aromatic carbocycles. The molecule has 280 valence electrons. The molecule has 1 heterocycles. The van der Waals surface area contributed by atoms with Crippen molar-refractivity contribution in [2.24, 2.45) is 0 Å². The first-order chi connectivity index (χ1) is 25.4. The molecule has 4 atom stereocenters. The monoisotopic (exact) mass is 726 g/mol. The Morgan fingerprint density at radius 2 is 1.74 bits per heavy atom. The standard InChI is InChI=1S/C41H46N2O10/c1-41(2,3)53-36(46)19-18-32(24-44)43-39(48)30-12-7-9-27(20-30)23-42-38(47)31-21-34-37(51-25-50-34)35(22-31)52-40(49)29-16-14-26(15-17-29)8-6-11-28-10-4-5-13-33(28)45/h4-10,12-17,20-21,32,34-35,37,44-45H,11,18-19,22-25H2,1-3H3,(H,42,47)(H,43,48)/t32-,34+,35+,37+/m0/s1. The number of benzene rings is 3. The van der Waals surface area contributed by atoms with Gasteiger partial charge in [-0.25, -0.2) is 4.79 Å². The summed E-state index contributed by atoms with van der Waals surface area (Å²) >= 11 is 0. The Labute approximate surface area is 308 Å². The summed E-state index contributed by atoms with van der Waals surface area (Å²) in [5.74, 6) is -1.54. The number of para-hydroxylation sites is 1. The maximum absolute atomic E-state index is 13.3. The van der Waals surface area contributed by atoms with Crippen LogP contribution in [0.1, 0.15) is 77.4 Å². The van der Waals surface area contributed by atoms with E-state index in [2.05, 4.69) is 10.6 Å². The molecule has 4 N–H and O–H groups in total. The molecule has 2 aliphatic rings. The largest absolute Gasteiger partial charge is 0.508 e. The lowest BCUT2D eigenvalue weighted by Crippen LogP contribution is -2.43. The number of esters is 2. The van der Waals surface area contributed by atoms with Crippen molar-refractivity contribution in [3.63, 3.8) is 0 Å². The van der Waals surface area contributed by atoms with Crippen LogP contribution in [-0.4, -0.2) is 77.3 Å². The molecule has 5 rings (SSSR count). The zero-order valence-corrected chi connectivity index (χ0v) is 30.1. The summed E-state index contributed by atoms with van der Waals surface area (Å²) < 4.78 is 22.5. The van der Waals surface area contributed by atoms with E-state index in [1.165, 1.54) is 0 Å². The molecule has 1 aliphatic heterocycles. The minimum atomic E-state index is -0.763. The number of aliphatic hydroxyl groups is 1. The summed E-state index contributed by atoms with van der Waals surface area (Å²) in [6.45, 7) is 5.07. The van der Waals surface area contributed by atoms with E-state index in [4.69, 9.17) is 18.9 Å². The number of hydrogen-bond donors (Lipinski definition) is 4. The van der Waals surface area contributed by atoms with E-state index in [0.717, 1.165) is 11.1 Å². The third kappa shape index (κ3) is 11.3. The molecular formula is C41H46N2O10. The van der Waals surface area contributed by atoms with E-state index in [-0.39, 0.29) is 50.9 Å². The van der Waals surface area contributed by atoms with Crippen LogP contribution < -0.4 is 10.6 Å². The fourth-order valence-corrected chi connectivity index (χ4v) is 5.95. The number of rotatable bonds is 14. The smallest absolute Gasteiger partial charge is 0.338 e. The first-order valence-electron chi connectivity index (χ1n) is 17.6. The highest BCUT2D eigenvalue weighted by Gasteiger charge is 2.42. The number of ether oxygens (including phenoxy) is 4. The van der Waals surface area contributed by atoms with Gasteiger partial charge in [0.2, 0.25) is 5.91 Å². The number of phenolic OH excluding ortho intramolecular Hbond substituents is 1. The van der Waals surface area contributed by atoms with Crippen molar-refractivity contribution in [3.05, 3.63) is 118 Å². The van der Waals surface area contributed by atoms with Crippen LogP contribution in [0.15, 0.2) is 90.5 Å². The third-order valence-corrected chi connectivity index (χ3v) is 8.65. The number of allylic oxidation sites excluding steroid dienone is 1. The third-order valence-electron chi connectivity index (χ3n) is 8.65. The molecule has 1 aliphatic carbocycles. The number of hydrogen-bond acceptors (Lipinski definition) is 10. The van der Waals surface area contributed by atoms with Crippen molar-refractivity contribution in [1.29, 1.82) is 0 Å². The summed E-state index contributed by atoms with van der Waals surface area (Å²) in [4.78, 5) is 51.5. The predicted octanol–water partition coefficient (Wildman–Crippen LogP) is 4.77. The average molecular weight is 727 g/mol. The number of phenols is 1. The number of carbonyl (C=O) groups excluding carboxylic acids is 4. The molecule has 0 unspecified atom stereocenters. The number of aromatic hydroxyl groups is 1. The van der Waals surface area contributed by atoms with Crippen LogP contribution in [-0.2, 0) is 41.5 Å². The van der Waals surface area contributed by atoms with E-state index in [1.54, 1.807) is 87.5 Å². The van der Waals surface area contributed by atoms with E-state index in [0.29, 0.717) is 28.7 Å². The van der Waals surface area contributed by atoms with Crippen molar-refractivity contribution < 1.29 is 48.3 Å². The molecular weight excluding hydrogens is 680 g/mol. The van der Waals surface area contributed by atoms with Crippen LogP contribution >= 0.6 is 0 Å².